The lowest BCUT2D eigenvalue weighted by atomic mass is 10.1. The van der Waals surface area contributed by atoms with Gasteiger partial charge in [-0.05, 0) is 24.3 Å². The first-order valence-electron chi connectivity index (χ1n) is 8.29. The molecule has 0 amide bonds. The van der Waals surface area contributed by atoms with Gasteiger partial charge in [-0.1, -0.05) is 66.7 Å². The summed E-state index contributed by atoms with van der Waals surface area (Å²) in [6.45, 7) is 0. The van der Waals surface area contributed by atoms with Crippen molar-refractivity contribution in [3.8, 4) is 16.9 Å². The van der Waals surface area contributed by atoms with E-state index in [-0.39, 0.29) is 0 Å². The van der Waals surface area contributed by atoms with E-state index < -0.39 is 0 Å². The normalized spacial score (nSPS) is 11.1. The predicted molar refractivity (Wildman–Crippen MR) is 104 cm³/mol. The van der Waals surface area contributed by atoms with Gasteiger partial charge in [-0.3, -0.25) is 0 Å². The molecule has 0 aliphatic rings. The molecule has 0 atom stereocenters. The fraction of sp³-hybridized carbons (Fsp3) is 0. The summed E-state index contributed by atoms with van der Waals surface area (Å²) in [6, 6.07) is 29.2. The molecule has 0 aliphatic heterocycles. The molecular formula is C21H17N5. The quantitative estimate of drug-likeness (QED) is 0.496. The van der Waals surface area contributed by atoms with Crippen molar-refractivity contribution in [2.24, 2.45) is 10.2 Å². The lowest BCUT2D eigenvalue weighted by molar-refractivity contribution is 0.895. The van der Waals surface area contributed by atoms with E-state index in [9.17, 15) is 0 Å². The number of benzene rings is 3. The molecule has 0 fully saturated rings. The largest absolute Gasteiger partial charge is 0.382 e. The Morgan fingerprint density at radius 1 is 0.692 bits per heavy atom. The van der Waals surface area contributed by atoms with Crippen LogP contribution in [0.3, 0.4) is 0 Å². The van der Waals surface area contributed by atoms with Crippen LogP contribution in [-0.2, 0) is 0 Å². The van der Waals surface area contributed by atoms with Crippen molar-refractivity contribution in [2.75, 3.05) is 5.73 Å². The molecule has 5 heteroatoms. The minimum Gasteiger partial charge on any atom is -0.382 e. The summed E-state index contributed by atoms with van der Waals surface area (Å²) in [6.07, 6.45) is 0. The van der Waals surface area contributed by atoms with Gasteiger partial charge in [0.1, 0.15) is 5.69 Å². The van der Waals surface area contributed by atoms with Crippen LogP contribution in [-0.4, -0.2) is 9.78 Å². The number of azo groups is 1. The fourth-order valence-corrected chi connectivity index (χ4v) is 2.68. The van der Waals surface area contributed by atoms with Crippen LogP contribution in [0.25, 0.3) is 16.9 Å². The van der Waals surface area contributed by atoms with Gasteiger partial charge in [-0.2, -0.15) is 10.2 Å². The Hall–Kier alpha value is -3.73. The van der Waals surface area contributed by atoms with E-state index in [2.05, 4.69) is 10.2 Å². The van der Waals surface area contributed by atoms with E-state index in [4.69, 9.17) is 10.8 Å². The molecule has 4 rings (SSSR count). The highest BCUT2D eigenvalue weighted by Crippen LogP contribution is 2.37. The Labute approximate surface area is 151 Å². The lowest BCUT2D eigenvalue weighted by Gasteiger charge is -2.02. The summed E-state index contributed by atoms with van der Waals surface area (Å²) in [4.78, 5) is 0. The highest BCUT2D eigenvalue weighted by molar-refractivity contribution is 5.80. The maximum atomic E-state index is 6.38. The van der Waals surface area contributed by atoms with Crippen LogP contribution >= 0.6 is 0 Å². The van der Waals surface area contributed by atoms with Crippen LogP contribution in [0.5, 0.6) is 0 Å². The number of aromatic nitrogens is 2. The first-order chi connectivity index (χ1) is 12.8. The van der Waals surface area contributed by atoms with Crippen LogP contribution in [0.15, 0.2) is 101 Å². The van der Waals surface area contributed by atoms with Crippen LogP contribution in [0.2, 0.25) is 0 Å². The zero-order valence-corrected chi connectivity index (χ0v) is 14.0. The number of para-hydroxylation sites is 1. The fourth-order valence-electron chi connectivity index (χ4n) is 2.68. The Balaban J connectivity index is 1.85. The van der Waals surface area contributed by atoms with Crippen molar-refractivity contribution in [2.45, 2.75) is 0 Å². The van der Waals surface area contributed by atoms with Gasteiger partial charge in [0, 0.05) is 5.56 Å². The number of hydrogen-bond acceptors (Lipinski definition) is 4. The Kier molecular flexibility index (Phi) is 4.26. The topological polar surface area (TPSA) is 68.6 Å². The Bertz CT molecular complexity index is 1020. The molecular weight excluding hydrogens is 322 g/mol. The van der Waals surface area contributed by atoms with Gasteiger partial charge < -0.3 is 5.73 Å². The first-order valence-corrected chi connectivity index (χ1v) is 8.29. The third kappa shape index (κ3) is 3.10. The maximum Gasteiger partial charge on any atom is 0.156 e. The molecule has 0 aliphatic carbocycles. The number of nitrogens with zero attached hydrogens (tertiary/aromatic N) is 4. The van der Waals surface area contributed by atoms with E-state index in [1.165, 1.54) is 0 Å². The molecule has 3 aromatic carbocycles. The van der Waals surface area contributed by atoms with Crippen LogP contribution in [0.4, 0.5) is 17.2 Å². The molecule has 26 heavy (non-hydrogen) atoms. The average Bonchev–Trinajstić information content (AvgIpc) is 3.05. The Morgan fingerprint density at radius 2 is 1.27 bits per heavy atom. The van der Waals surface area contributed by atoms with Crippen molar-refractivity contribution in [1.82, 2.24) is 9.78 Å². The second-order valence-corrected chi connectivity index (χ2v) is 5.73. The highest BCUT2D eigenvalue weighted by Gasteiger charge is 2.18. The van der Waals surface area contributed by atoms with Gasteiger partial charge in [0.2, 0.25) is 0 Å². The number of hydrogen-bond donors (Lipinski definition) is 1. The monoisotopic (exact) mass is 339 g/mol. The number of rotatable bonds is 4. The van der Waals surface area contributed by atoms with Crippen molar-refractivity contribution in [3.63, 3.8) is 0 Å². The molecule has 1 heterocycles. The van der Waals surface area contributed by atoms with Gasteiger partial charge in [0.05, 0.1) is 11.4 Å². The van der Waals surface area contributed by atoms with Crippen molar-refractivity contribution in [1.29, 1.82) is 0 Å². The summed E-state index contributed by atoms with van der Waals surface area (Å²) < 4.78 is 1.70. The molecule has 0 saturated heterocycles. The maximum absolute atomic E-state index is 6.38. The smallest absolute Gasteiger partial charge is 0.156 e. The SMILES string of the molecule is Nc1c(N=Nc2ccccc2)c(-c2ccccc2)nn1-c1ccccc1. The van der Waals surface area contributed by atoms with Gasteiger partial charge in [-0.15, -0.1) is 5.11 Å². The van der Waals surface area contributed by atoms with E-state index in [1.54, 1.807) is 4.68 Å². The molecule has 0 saturated carbocycles. The third-order valence-electron chi connectivity index (χ3n) is 3.96. The van der Waals surface area contributed by atoms with Gasteiger partial charge in [0.25, 0.3) is 0 Å². The molecule has 2 N–H and O–H groups in total. The number of nitrogen functional groups attached to an aromatic ring is 1. The lowest BCUT2D eigenvalue weighted by Crippen LogP contribution is -2.01. The molecule has 0 unspecified atom stereocenters. The van der Waals surface area contributed by atoms with Crippen LogP contribution in [0.1, 0.15) is 0 Å². The van der Waals surface area contributed by atoms with Crippen LogP contribution < -0.4 is 5.73 Å². The molecule has 0 bridgehead atoms. The molecule has 5 nitrogen and oxygen atoms in total. The summed E-state index contributed by atoms with van der Waals surface area (Å²) in [5, 5.41) is 13.4. The van der Waals surface area contributed by atoms with Gasteiger partial charge in [-0.25, -0.2) is 4.68 Å². The van der Waals surface area contributed by atoms with E-state index in [0.717, 1.165) is 16.9 Å². The standard InChI is InChI=1S/C21H17N5/c22-21-20(24-23-17-12-6-2-7-13-17)19(16-10-4-1-5-11-16)25-26(21)18-14-8-3-9-15-18/h1-15H,22H2. The van der Waals surface area contributed by atoms with E-state index in [0.29, 0.717) is 17.2 Å². The van der Waals surface area contributed by atoms with Crippen molar-refractivity contribution >= 4 is 17.2 Å². The summed E-state index contributed by atoms with van der Waals surface area (Å²) in [7, 11) is 0. The summed E-state index contributed by atoms with van der Waals surface area (Å²) in [5.41, 5.74) is 10.2. The van der Waals surface area contributed by atoms with E-state index in [1.807, 2.05) is 91.0 Å². The molecule has 126 valence electrons. The summed E-state index contributed by atoms with van der Waals surface area (Å²) in [5.74, 6) is 0.453. The molecule has 1 aromatic heterocycles. The molecule has 0 radical (unpaired) electrons. The number of nitrogens with two attached hydrogens (primary N) is 1. The summed E-state index contributed by atoms with van der Waals surface area (Å²) >= 11 is 0. The zero-order valence-electron chi connectivity index (χ0n) is 14.0. The predicted octanol–water partition coefficient (Wildman–Crippen LogP) is 5.54. The van der Waals surface area contributed by atoms with Crippen molar-refractivity contribution in [3.05, 3.63) is 91.0 Å². The second kappa shape index (κ2) is 7.03. The average molecular weight is 339 g/mol. The van der Waals surface area contributed by atoms with Crippen LogP contribution in [0, 0.1) is 0 Å². The van der Waals surface area contributed by atoms with E-state index >= 15 is 0 Å². The first kappa shape index (κ1) is 15.8. The van der Waals surface area contributed by atoms with Gasteiger partial charge >= 0.3 is 0 Å². The Morgan fingerprint density at radius 3 is 1.92 bits per heavy atom. The third-order valence-corrected chi connectivity index (χ3v) is 3.96. The van der Waals surface area contributed by atoms with Gasteiger partial charge in [0.15, 0.2) is 11.5 Å². The highest BCUT2D eigenvalue weighted by atomic mass is 15.3. The van der Waals surface area contributed by atoms with Crippen molar-refractivity contribution < 1.29 is 0 Å². The molecule has 0 spiro atoms. The number of anilines is 1. The minimum absolute atomic E-state index is 0.453. The second-order valence-electron chi connectivity index (χ2n) is 5.73. The zero-order chi connectivity index (χ0) is 17.8. The minimum atomic E-state index is 0.453. The molecule has 4 aromatic rings.